The van der Waals surface area contributed by atoms with Crippen LogP contribution in [-0.2, 0) is 6.54 Å². The highest BCUT2D eigenvalue weighted by atomic mass is 127. The molecule has 30 heavy (non-hydrogen) atoms. The highest BCUT2D eigenvalue weighted by molar-refractivity contribution is 14.0. The number of amides is 1. The van der Waals surface area contributed by atoms with Gasteiger partial charge in [-0.05, 0) is 54.4 Å². The lowest BCUT2D eigenvalue weighted by molar-refractivity contribution is 0.0996. The molecule has 0 spiro atoms. The van der Waals surface area contributed by atoms with Crippen LogP contribution in [0.25, 0.3) is 0 Å². The first-order chi connectivity index (χ1) is 13.9. The first-order valence-corrected chi connectivity index (χ1v) is 9.63. The predicted molar refractivity (Wildman–Crippen MR) is 132 cm³/mol. The number of nitrogens with one attached hydrogen (secondary N) is 2. The Labute approximate surface area is 201 Å². The molecule has 3 rings (SSSR count). The van der Waals surface area contributed by atoms with Crippen molar-refractivity contribution in [1.82, 2.24) is 5.32 Å². The maximum atomic E-state index is 12.0. The van der Waals surface area contributed by atoms with Crippen LogP contribution in [-0.4, -0.2) is 11.9 Å². The molecule has 0 bridgehead atoms. The van der Waals surface area contributed by atoms with Crippen LogP contribution in [0.15, 0.2) is 70.3 Å². The second-order valence-electron chi connectivity index (χ2n) is 6.36. The van der Waals surface area contributed by atoms with E-state index in [1.165, 1.54) is 6.26 Å². The molecule has 1 heterocycles. The van der Waals surface area contributed by atoms with E-state index in [1.807, 2.05) is 25.1 Å². The molecule has 0 aliphatic carbocycles. The Kier molecular flexibility index (Phi) is 9.01. The molecular weight excluding hydrogens is 538 g/mol. The summed E-state index contributed by atoms with van der Waals surface area (Å²) in [7, 11) is 0. The van der Waals surface area contributed by atoms with Gasteiger partial charge < -0.3 is 20.8 Å². The molecule has 0 aliphatic rings. The number of aliphatic imine (C=N–C) groups is 1. The second kappa shape index (κ2) is 11.2. The normalized spacial score (nSPS) is 12.0. The lowest BCUT2D eigenvalue weighted by Crippen LogP contribution is -2.34. The minimum absolute atomic E-state index is 0. The molecule has 0 fully saturated rings. The number of hydrogen-bond acceptors (Lipinski definition) is 3. The van der Waals surface area contributed by atoms with Gasteiger partial charge in [-0.3, -0.25) is 4.79 Å². The fourth-order valence-corrected chi connectivity index (χ4v) is 3.24. The van der Waals surface area contributed by atoms with Crippen molar-refractivity contribution in [3.8, 4) is 0 Å². The Bertz CT molecular complexity index is 1010. The van der Waals surface area contributed by atoms with Gasteiger partial charge in [0.1, 0.15) is 0 Å². The standard InChI is InChI=1S/C21H20Cl2N4O2.HI/c1-13(17-9-6-15(22)11-18(17)23)26-21(24)25-12-14-4-7-16(8-5-14)27-20(28)19-3-2-10-29-19;/h2-11,13H,12H2,1H3,(H,27,28)(H3,24,25,26);1H. The number of halogens is 3. The summed E-state index contributed by atoms with van der Waals surface area (Å²) in [5.74, 6) is 0.259. The third-order valence-corrected chi connectivity index (χ3v) is 4.74. The lowest BCUT2D eigenvalue weighted by atomic mass is 10.1. The van der Waals surface area contributed by atoms with Gasteiger partial charge in [-0.15, -0.1) is 24.0 Å². The van der Waals surface area contributed by atoms with E-state index in [0.29, 0.717) is 28.2 Å². The van der Waals surface area contributed by atoms with Crippen molar-refractivity contribution in [2.75, 3.05) is 5.32 Å². The van der Waals surface area contributed by atoms with E-state index in [9.17, 15) is 4.79 Å². The van der Waals surface area contributed by atoms with E-state index in [1.54, 1.807) is 36.4 Å². The number of benzene rings is 2. The van der Waals surface area contributed by atoms with Crippen molar-refractivity contribution in [3.63, 3.8) is 0 Å². The van der Waals surface area contributed by atoms with Crippen molar-refractivity contribution >= 4 is 64.7 Å². The Morgan fingerprint density at radius 3 is 2.53 bits per heavy atom. The van der Waals surface area contributed by atoms with Gasteiger partial charge in [0.2, 0.25) is 0 Å². The largest absolute Gasteiger partial charge is 0.459 e. The highest BCUT2D eigenvalue weighted by Gasteiger charge is 2.11. The zero-order valence-corrected chi connectivity index (χ0v) is 19.9. The molecule has 2 aromatic carbocycles. The molecule has 0 saturated heterocycles. The van der Waals surface area contributed by atoms with Crippen molar-refractivity contribution in [2.24, 2.45) is 10.7 Å². The SMILES string of the molecule is CC(NC(N)=NCc1ccc(NC(=O)c2ccco2)cc1)c1ccc(Cl)cc1Cl.I. The number of carbonyl (C=O) groups excluding carboxylic acids is 1. The van der Waals surface area contributed by atoms with Crippen LogP contribution >= 0.6 is 47.2 Å². The molecule has 6 nitrogen and oxygen atoms in total. The maximum Gasteiger partial charge on any atom is 0.291 e. The first kappa shape index (κ1) is 24.0. The Hall–Kier alpha value is -2.23. The van der Waals surface area contributed by atoms with E-state index < -0.39 is 0 Å². The molecule has 0 aliphatic heterocycles. The van der Waals surface area contributed by atoms with Gasteiger partial charge in [0.15, 0.2) is 11.7 Å². The summed E-state index contributed by atoms with van der Waals surface area (Å²) in [6.45, 7) is 2.33. The van der Waals surface area contributed by atoms with Crippen molar-refractivity contribution in [3.05, 3.63) is 87.8 Å². The molecular formula is C21H21Cl2IN4O2. The zero-order valence-electron chi connectivity index (χ0n) is 16.1. The molecule has 4 N–H and O–H groups in total. The van der Waals surface area contributed by atoms with E-state index in [-0.39, 0.29) is 41.7 Å². The van der Waals surface area contributed by atoms with Gasteiger partial charge in [-0.2, -0.15) is 0 Å². The molecule has 158 valence electrons. The molecule has 1 atom stereocenters. The maximum absolute atomic E-state index is 12.0. The lowest BCUT2D eigenvalue weighted by Gasteiger charge is -2.16. The summed E-state index contributed by atoms with van der Waals surface area (Å²) in [5.41, 5.74) is 8.48. The quantitative estimate of drug-likeness (QED) is 0.208. The molecule has 1 amide bonds. The fraction of sp³-hybridized carbons (Fsp3) is 0.143. The predicted octanol–water partition coefficient (Wildman–Crippen LogP) is 5.62. The number of furan rings is 1. The summed E-state index contributed by atoms with van der Waals surface area (Å²) < 4.78 is 5.07. The van der Waals surface area contributed by atoms with Crippen LogP contribution < -0.4 is 16.4 Å². The molecule has 9 heteroatoms. The fourth-order valence-electron chi connectivity index (χ4n) is 2.67. The Balaban J connectivity index is 0.00000320. The van der Waals surface area contributed by atoms with Crippen molar-refractivity contribution in [2.45, 2.75) is 19.5 Å². The van der Waals surface area contributed by atoms with Crippen LogP contribution in [0.1, 0.15) is 34.6 Å². The van der Waals surface area contributed by atoms with Gasteiger partial charge in [-0.1, -0.05) is 41.4 Å². The van der Waals surface area contributed by atoms with Gasteiger partial charge in [0.25, 0.3) is 5.91 Å². The summed E-state index contributed by atoms with van der Waals surface area (Å²) >= 11 is 12.2. The Morgan fingerprint density at radius 1 is 1.17 bits per heavy atom. The molecule has 0 saturated carbocycles. The summed E-state index contributed by atoms with van der Waals surface area (Å²) in [6, 6.07) is 15.8. The molecule has 0 radical (unpaired) electrons. The van der Waals surface area contributed by atoms with E-state index in [2.05, 4.69) is 15.6 Å². The Morgan fingerprint density at radius 2 is 1.90 bits per heavy atom. The van der Waals surface area contributed by atoms with Gasteiger partial charge in [0.05, 0.1) is 18.8 Å². The summed E-state index contributed by atoms with van der Waals surface area (Å²) in [6.07, 6.45) is 1.45. The zero-order chi connectivity index (χ0) is 20.8. The van der Waals surface area contributed by atoms with Crippen molar-refractivity contribution in [1.29, 1.82) is 0 Å². The minimum Gasteiger partial charge on any atom is -0.459 e. The smallest absolute Gasteiger partial charge is 0.291 e. The van der Waals surface area contributed by atoms with Crippen LogP contribution in [0.2, 0.25) is 10.0 Å². The number of guanidine groups is 1. The second-order valence-corrected chi connectivity index (χ2v) is 7.21. The molecule has 3 aromatic rings. The number of nitrogens with zero attached hydrogens (tertiary/aromatic N) is 1. The van der Waals surface area contributed by atoms with Gasteiger partial charge in [0, 0.05) is 15.7 Å². The van der Waals surface area contributed by atoms with Crippen LogP contribution in [0.5, 0.6) is 0 Å². The van der Waals surface area contributed by atoms with Gasteiger partial charge in [-0.25, -0.2) is 4.99 Å². The first-order valence-electron chi connectivity index (χ1n) is 8.87. The average Bonchev–Trinajstić information content (AvgIpc) is 3.22. The summed E-state index contributed by atoms with van der Waals surface area (Å²) in [5, 5.41) is 7.02. The number of hydrogen-bond donors (Lipinski definition) is 3. The number of carbonyl (C=O) groups is 1. The van der Waals surface area contributed by atoms with Crippen LogP contribution in [0.4, 0.5) is 5.69 Å². The third kappa shape index (κ3) is 6.65. The third-order valence-electron chi connectivity index (χ3n) is 4.18. The highest BCUT2D eigenvalue weighted by Crippen LogP contribution is 2.26. The number of anilines is 1. The van der Waals surface area contributed by atoms with Gasteiger partial charge >= 0.3 is 0 Å². The van der Waals surface area contributed by atoms with E-state index >= 15 is 0 Å². The van der Waals surface area contributed by atoms with Crippen LogP contribution in [0, 0.1) is 0 Å². The molecule has 1 aromatic heterocycles. The number of rotatable bonds is 6. The monoisotopic (exact) mass is 558 g/mol. The minimum atomic E-state index is -0.302. The molecule has 1 unspecified atom stereocenters. The number of nitrogens with two attached hydrogens (primary N) is 1. The van der Waals surface area contributed by atoms with Crippen LogP contribution in [0.3, 0.4) is 0 Å². The van der Waals surface area contributed by atoms with Crippen molar-refractivity contribution < 1.29 is 9.21 Å². The van der Waals surface area contributed by atoms with E-state index in [0.717, 1.165) is 11.1 Å². The summed E-state index contributed by atoms with van der Waals surface area (Å²) in [4.78, 5) is 16.3. The average molecular weight is 559 g/mol. The topological polar surface area (TPSA) is 92.6 Å². The van der Waals surface area contributed by atoms with E-state index in [4.69, 9.17) is 33.4 Å².